The molecule has 1 aromatic heterocycles. The predicted octanol–water partition coefficient (Wildman–Crippen LogP) is 11.8. The van der Waals surface area contributed by atoms with E-state index in [-0.39, 0.29) is 22.0 Å². The number of amides is 1. The fourth-order valence-corrected chi connectivity index (χ4v) is 12.2. The first-order valence-electron chi connectivity index (χ1n) is 29.9. The largest absolute Gasteiger partial charge is 0.385 e. The number of fused-ring (bicyclic) bond motifs is 3. The fourth-order valence-electron chi connectivity index (χ4n) is 12.2. The molecule has 4 aliphatic rings. The van der Waals surface area contributed by atoms with E-state index in [1.807, 2.05) is 23.7 Å². The lowest BCUT2D eigenvalue weighted by atomic mass is 9.75. The summed E-state index contributed by atoms with van der Waals surface area (Å²) in [5.74, 6) is -0.396. The van der Waals surface area contributed by atoms with Gasteiger partial charge in [-0.2, -0.15) is 9.67 Å². The lowest BCUT2D eigenvalue weighted by Gasteiger charge is -2.29. The van der Waals surface area contributed by atoms with Gasteiger partial charge in [0.05, 0.1) is 86.5 Å². The monoisotopic (exact) mass is 1110 g/mol. The van der Waals surface area contributed by atoms with Crippen LogP contribution in [0.2, 0.25) is 0 Å². The number of aromatic nitrogens is 2. The van der Waals surface area contributed by atoms with Crippen molar-refractivity contribution in [1.29, 1.82) is 0 Å². The Hall–Kier alpha value is -6.16. The van der Waals surface area contributed by atoms with Gasteiger partial charge in [0, 0.05) is 91.6 Å². The number of para-hydroxylation sites is 2. The Bertz CT molecular complexity index is 2990. The summed E-state index contributed by atoms with van der Waals surface area (Å²) in [4.78, 5) is 27.8. The van der Waals surface area contributed by atoms with E-state index in [9.17, 15) is 9.59 Å². The van der Waals surface area contributed by atoms with Crippen LogP contribution < -0.4 is 21.3 Å². The summed E-state index contributed by atoms with van der Waals surface area (Å²) in [6, 6.07) is 23.2. The van der Waals surface area contributed by atoms with Crippen LogP contribution in [0.15, 0.2) is 114 Å². The number of allylic oxidation sites excluding steroid dienone is 7. The number of ether oxygens (including phenoxy) is 5. The summed E-state index contributed by atoms with van der Waals surface area (Å²) in [5, 5.41) is 12.0. The molecule has 2 aliphatic heterocycles. The number of anilines is 2. The molecule has 14 nitrogen and oxygen atoms in total. The zero-order chi connectivity index (χ0) is 57.6. The van der Waals surface area contributed by atoms with Crippen LogP contribution in [-0.4, -0.2) is 124 Å². The minimum absolute atomic E-state index is 0.0884. The lowest BCUT2D eigenvalue weighted by molar-refractivity contribution is -0.437. The third kappa shape index (κ3) is 14.7. The van der Waals surface area contributed by atoms with Gasteiger partial charge in [0.1, 0.15) is 6.54 Å². The van der Waals surface area contributed by atoms with Crippen LogP contribution >= 0.6 is 0 Å². The van der Waals surface area contributed by atoms with Crippen LogP contribution in [0.3, 0.4) is 0 Å². The number of hydrogen-bond donors (Lipinski definition) is 3. The molecule has 4 aromatic rings. The van der Waals surface area contributed by atoms with Crippen molar-refractivity contribution in [3.63, 3.8) is 0 Å². The van der Waals surface area contributed by atoms with Gasteiger partial charge in [-0.25, -0.2) is 4.68 Å². The van der Waals surface area contributed by atoms with Crippen molar-refractivity contribution in [3.8, 4) is 5.69 Å². The first-order chi connectivity index (χ1) is 39.1. The van der Waals surface area contributed by atoms with Crippen LogP contribution in [-0.2, 0) is 40.9 Å². The Morgan fingerprint density at radius 3 is 2.01 bits per heavy atom. The molecule has 0 saturated carbocycles. The van der Waals surface area contributed by atoms with Gasteiger partial charge < -0.3 is 45.0 Å². The molecule has 436 valence electrons. The van der Waals surface area contributed by atoms with Gasteiger partial charge in [0.25, 0.3) is 5.91 Å². The van der Waals surface area contributed by atoms with E-state index in [2.05, 4.69) is 148 Å². The molecule has 0 spiro atoms. The fraction of sp³-hybridized carbons (Fsp3) is 0.522. The van der Waals surface area contributed by atoms with Crippen molar-refractivity contribution in [2.45, 2.75) is 131 Å². The molecule has 2 aliphatic carbocycles. The second kappa shape index (κ2) is 28.2. The maximum atomic E-state index is 13.0. The van der Waals surface area contributed by atoms with E-state index in [0.29, 0.717) is 102 Å². The quantitative estimate of drug-likeness (QED) is 0.0326. The van der Waals surface area contributed by atoms with E-state index in [1.54, 1.807) is 6.07 Å². The molecule has 0 radical (unpaired) electrons. The highest BCUT2D eigenvalue weighted by atomic mass is 16.6. The van der Waals surface area contributed by atoms with Crippen molar-refractivity contribution in [3.05, 3.63) is 147 Å². The number of Topliss-reactive ketones (excluding diaryl/α,β-unsaturated/α-hetero) is 1. The summed E-state index contributed by atoms with van der Waals surface area (Å²) in [5.41, 5.74) is 21.7. The van der Waals surface area contributed by atoms with Crippen LogP contribution in [0.4, 0.5) is 17.1 Å². The summed E-state index contributed by atoms with van der Waals surface area (Å²) in [6.45, 7) is 28.5. The van der Waals surface area contributed by atoms with Gasteiger partial charge in [-0.15, -0.1) is 0 Å². The number of rotatable bonds is 31. The summed E-state index contributed by atoms with van der Waals surface area (Å²) in [7, 11) is 0. The molecule has 0 bridgehead atoms. The molecular formula is C67H92N7O7+. The molecule has 0 unspecified atom stereocenters. The van der Waals surface area contributed by atoms with Crippen molar-refractivity contribution in [2.24, 2.45) is 11.1 Å². The van der Waals surface area contributed by atoms with E-state index in [4.69, 9.17) is 34.5 Å². The first kappa shape index (κ1) is 60.9. The third-order valence-electron chi connectivity index (χ3n) is 16.2. The highest BCUT2D eigenvalue weighted by Crippen LogP contribution is 2.48. The van der Waals surface area contributed by atoms with E-state index in [1.165, 1.54) is 50.8 Å². The van der Waals surface area contributed by atoms with Crippen molar-refractivity contribution >= 4 is 34.5 Å². The van der Waals surface area contributed by atoms with Crippen molar-refractivity contribution < 1.29 is 37.8 Å². The number of carbonyl (C=O) groups excluding carboxylic acids is 2. The highest BCUT2D eigenvalue weighted by Gasteiger charge is 2.44. The molecular weight excluding hydrogens is 1010 g/mol. The molecule has 4 N–H and O–H groups in total. The zero-order valence-corrected chi connectivity index (χ0v) is 50.1. The van der Waals surface area contributed by atoms with Gasteiger partial charge in [-0.3, -0.25) is 9.59 Å². The summed E-state index contributed by atoms with van der Waals surface area (Å²) in [6.07, 6.45) is 17.8. The number of nitrogens with zero attached hydrogens (tertiary/aromatic N) is 4. The van der Waals surface area contributed by atoms with E-state index >= 15 is 0 Å². The maximum absolute atomic E-state index is 13.0. The Labute approximate surface area is 482 Å². The Kier molecular flexibility index (Phi) is 21.2. The molecule has 8 rings (SSSR count). The molecule has 1 amide bonds. The average Bonchev–Trinajstić information content (AvgIpc) is 4.04. The number of aryl methyl sites for hydroxylation is 1. The summed E-state index contributed by atoms with van der Waals surface area (Å²) >= 11 is 0. The van der Waals surface area contributed by atoms with Crippen LogP contribution in [0, 0.1) is 12.3 Å². The Balaban J connectivity index is 0.726. The number of benzene rings is 3. The first-order valence-corrected chi connectivity index (χ1v) is 29.9. The molecule has 0 saturated heterocycles. The minimum atomic E-state index is -0.518. The molecule has 3 heterocycles. The Morgan fingerprint density at radius 1 is 0.728 bits per heavy atom. The number of primary amides is 1. The normalized spacial score (nSPS) is 18.1. The van der Waals surface area contributed by atoms with Gasteiger partial charge >= 0.3 is 0 Å². The second-order valence-corrected chi connectivity index (χ2v) is 23.8. The SMILES string of the molecule is CCCN1C(=CC=C2CCCC(C=CC3=[N+](CCC)c4ccccc4C3(C)C)=C2NCCCOCCOCCOCCOCCOCCCNc2cc(-n3nc(C)c4c3CC(C)(C)CC4=O)ccc2C(N)=O)C(C)(C)c2ccccc21. The molecule has 14 heteroatoms. The van der Waals surface area contributed by atoms with Gasteiger partial charge in [-0.1, -0.05) is 90.1 Å². The average molecular weight is 1110 g/mol. The molecule has 3 aromatic carbocycles. The summed E-state index contributed by atoms with van der Waals surface area (Å²) < 4.78 is 33.4. The Morgan fingerprint density at radius 2 is 1.36 bits per heavy atom. The predicted molar refractivity (Wildman–Crippen MR) is 326 cm³/mol. The van der Waals surface area contributed by atoms with Crippen LogP contribution in [0.25, 0.3) is 5.69 Å². The molecule has 0 fully saturated rings. The molecule has 81 heavy (non-hydrogen) atoms. The lowest BCUT2D eigenvalue weighted by Crippen LogP contribution is -2.28. The van der Waals surface area contributed by atoms with E-state index in [0.717, 1.165) is 81.7 Å². The standard InChI is InChI=1S/C67H91N7O7/c1-10-33-72-56-23-14-12-21-53(56)66(6,7)60(72)29-25-49-19-16-20-50(26-30-61-67(8,9)54-22-13-15-24-57(54)73(61)34-11-2)63(49)70-32-18-36-78-38-40-80-42-44-81-43-41-79-39-37-77-35-17-31-69-55-45-51(27-28-52(55)64(68)76)74-58-46-65(4,5)47-59(75)62(58)48(3)71-74/h12-15,21-30,45H,10-11,16-20,31-44,46-47H2,1-9H3,(H3,68,69,76)/p+1. The number of nitrogens with one attached hydrogen (secondary N) is 2. The van der Waals surface area contributed by atoms with Crippen molar-refractivity contribution in [1.82, 2.24) is 15.1 Å². The van der Waals surface area contributed by atoms with Gasteiger partial charge in [0.2, 0.25) is 5.69 Å². The number of hydrogen-bond acceptors (Lipinski definition) is 11. The van der Waals surface area contributed by atoms with Gasteiger partial charge in [0.15, 0.2) is 11.5 Å². The zero-order valence-electron chi connectivity index (χ0n) is 50.1. The second-order valence-electron chi connectivity index (χ2n) is 23.8. The van der Waals surface area contributed by atoms with Crippen molar-refractivity contribution in [2.75, 3.05) is 102 Å². The minimum Gasteiger partial charge on any atom is -0.385 e. The van der Waals surface area contributed by atoms with Crippen LogP contribution in [0.1, 0.15) is 150 Å². The smallest absolute Gasteiger partial charge is 0.250 e. The topological polar surface area (TPSA) is 154 Å². The number of carbonyl (C=O) groups is 2. The van der Waals surface area contributed by atoms with E-state index < -0.39 is 5.91 Å². The molecule has 0 atom stereocenters. The van der Waals surface area contributed by atoms with Crippen LogP contribution in [0.5, 0.6) is 0 Å². The highest BCUT2D eigenvalue weighted by molar-refractivity contribution is 6.03. The maximum Gasteiger partial charge on any atom is 0.250 e. The number of nitrogens with two attached hydrogens (primary N) is 1. The third-order valence-corrected chi connectivity index (χ3v) is 16.2. The number of ketones is 1. The van der Waals surface area contributed by atoms with Gasteiger partial charge in [-0.05, 0) is 118 Å².